The number of nitrogens with zero attached hydrogens (tertiary/aromatic N) is 1. The van der Waals surface area contributed by atoms with Crippen molar-refractivity contribution in [1.82, 2.24) is 9.97 Å². The monoisotopic (exact) mass is 402 g/mol. The highest BCUT2D eigenvalue weighted by Gasteiger charge is 2.25. The van der Waals surface area contributed by atoms with E-state index in [4.69, 9.17) is 16.6 Å². The summed E-state index contributed by atoms with van der Waals surface area (Å²) in [7, 11) is 1.00. The molecule has 28 heavy (non-hydrogen) atoms. The van der Waals surface area contributed by atoms with Crippen molar-refractivity contribution in [3.8, 4) is 0 Å². The molecule has 0 amide bonds. The van der Waals surface area contributed by atoms with E-state index < -0.39 is 6.10 Å². The molecule has 0 saturated heterocycles. The van der Waals surface area contributed by atoms with Gasteiger partial charge in [0.05, 0.1) is 18.2 Å². The first-order valence-electron chi connectivity index (χ1n) is 9.57. The lowest BCUT2D eigenvalue weighted by atomic mass is 10.0. The number of fused-ring (bicyclic) bond motifs is 1. The number of aliphatic hydroxyl groups is 2. The molecule has 2 heterocycles. The van der Waals surface area contributed by atoms with Gasteiger partial charge in [-0.25, -0.2) is 0 Å². The minimum Gasteiger partial charge on any atom is -0.400 e. The topological polar surface area (TPSA) is 179 Å². The highest BCUT2D eigenvalue weighted by molar-refractivity contribution is 5.67. The van der Waals surface area contributed by atoms with Crippen LogP contribution in [0, 0.1) is 5.92 Å². The van der Waals surface area contributed by atoms with Crippen LogP contribution >= 0.6 is 0 Å². The lowest BCUT2D eigenvalue weighted by Crippen LogP contribution is -2.44. The van der Waals surface area contributed by atoms with E-state index in [0.29, 0.717) is 30.4 Å². The number of aldehydes is 1. The lowest BCUT2D eigenvalue weighted by Gasteiger charge is -2.29. The van der Waals surface area contributed by atoms with Gasteiger partial charge in [-0.1, -0.05) is 41.0 Å². The Labute approximate surface area is 167 Å². The van der Waals surface area contributed by atoms with Crippen LogP contribution in [0.25, 0.3) is 0 Å². The second kappa shape index (κ2) is 15.8. The maximum atomic E-state index is 11.6. The third-order valence-electron chi connectivity index (χ3n) is 4.10. The molecule has 0 radical (unpaired) electrons. The van der Waals surface area contributed by atoms with Crippen LogP contribution in [0.15, 0.2) is 4.79 Å². The van der Waals surface area contributed by atoms with Crippen molar-refractivity contribution in [2.75, 3.05) is 30.0 Å². The molecule has 1 aromatic heterocycles. The van der Waals surface area contributed by atoms with Gasteiger partial charge < -0.3 is 37.1 Å². The van der Waals surface area contributed by atoms with E-state index in [1.165, 1.54) is 0 Å². The minimum atomic E-state index is -0.502. The van der Waals surface area contributed by atoms with Crippen molar-refractivity contribution >= 4 is 23.7 Å². The van der Waals surface area contributed by atoms with Crippen LogP contribution < -0.4 is 27.7 Å². The summed E-state index contributed by atoms with van der Waals surface area (Å²) in [6, 6.07) is -0.455. The van der Waals surface area contributed by atoms with Gasteiger partial charge in [0.15, 0.2) is 5.82 Å². The Bertz CT molecular complexity index is 596. The summed E-state index contributed by atoms with van der Waals surface area (Å²) in [6.07, 6.45) is 1.89. The Balaban J connectivity index is 0. The number of nitrogen functional groups attached to an aromatic ring is 1. The predicted octanol–water partition coefficient (Wildman–Crippen LogP) is 0.522. The number of aromatic amines is 1. The van der Waals surface area contributed by atoms with E-state index in [-0.39, 0.29) is 23.6 Å². The second-order valence-electron chi connectivity index (χ2n) is 5.88. The van der Waals surface area contributed by atoms with Gasteiger partial charge in [-0.15, -0.1) is 0 Å². The van der Waals surface area contributed by atoms with Gasteiger partial charge in [0.1, 0.15) is 12.0 Å². The molecule has 0 spiro atoms. The van der Waals surface area contributed by atoms with E-state index >= 15 is 0 Å². The third kappa shape index (κ3) is 9.16. The van der Waals surface area contributed by atoms with Gasteiger partial charge >= 0.3 is 0 Å². The van der Waals surface area contributed by atoms with Crippen molar-refractivity contribution in [1.29, 1.82) is 0 Å². The number of H-pyrrole nitrogens is 1. The van der Waals surface area contributed by atoms with Crippen LogP contribution in [-0.2, 0) is 4.79 Å². The van der Waals surface area contributed by atoms with Crippen molar-refractivity contribution in [3.63, 3.8) is 0 Å². The molecule has 0 aliphatic carbocycles. The molecule has 2 rings (SSSR count). The summed E-state index contributed by atoms with van der Waals surface area (Å²) in [5.41, 5.74) is 10.8. The van der Waals surface area contributed by atoms with Crippen molar-refractivity contribution in [3.05, 3.63) is 10.4 Å². The summed E-state index contributed by atoms with van der Waals surface area (Å²) in [6.45, 7) is 10.4. The molecule has 164 valence electrons. The normalized spacial score (nSPS) is 17.1. The number of hydrogen-bond donors (Lipinski definition) is 7. The maximum Gasteiger partial charge on any atom is 0.277 e. The first-order chi connectivity index (χ1) is 13.3. The standard InChI is InChI=1S/C9H15N5O2.C6H13NO.C2H6.CH4O/c1-2-5(15)4-3-11-7-6(12-4)8(16)14-9(10)13-7;1-3-5(2)6(7)4-8;2*1-2/h4-5,12,15H,2-3H2,1H3,(H4,10,11,13,14,16);4-6H,3,7H2,1-2H3;1-2H3;2H,1H3. The van der Waals surface area contributed by atoms with Crippen molar-refractivity contribution in [2.45, 2.75) is 65.6 Å². The van der Waals surface area contributed by atoms with E-state index in [1.807, 2.05) is 34.6 Å². The zero-order valence-electron chi connectivity index (χ0n) is 17.8. The van der Waals surface area contributed by atoms with Crippen molar-refractivity contribution in [2.24, 2.45) is 11.7 Å². The molecule has 10 heteroatoms. The number of aromatic nitrogens is 2. The number of rotatable bonds is 5. The van der Waals surface area contributed by atoms with Crippen LogP contribution in [0.3, 0.4) is 0 Å². The first kappa shape index (κ1) is 28.0. The number of aliphatic hydroxyl groups excluding tert-OH is 2. The fourth-order valence-corrected chi connectivity index (χ4v) is 2.12. The van der Waals surface area contributed by atoms with Gasteiger partial charge in [-0.3, -0.25) is 9.78 Å². The van der Waals surface area contributed by atoms with E-state index in [9.17, 15) is 14.7 Å². The number of nitrogens with two attached hydrogens (primary N) is 2. The van der Waals surface area contributed by atoms with Crippen LogP contribution in [0.2, 0.25) is 0 Å². The van der Waals surface area contributed by atoms with Crippen LogP contribution in [-0.4, -0.2) is 58.3 Å². The van der Waals surface area contributed by atoms with Gasteiger partial charge in [0, 0.05) is 13.7 Å². The molecule has 9 N–H and O–H groups in total. The predicted molar refractivity (Wildman–Crippen MR) is 114 cm³/mol. The van der Waals surface area contributed by atoms with Crippen LogP contribution in [0.4, 0.5) is 17.5 Å². The Morgan fingerprint density at radius 2 is 1.86 bits per heavy atom. The molecule has 0 fully saturated rings. The number of hydrogen-bond acceptors (Lipinski definition) is 9. The maximum absolute atomic E-state index is 11.6. The molecule has 1 aliphatic heterocycles. The molecular formula is C18H38N6O4. The Morgan fingerprint density at radius 1 is 1.29 bits per heavy atom. The molecule has 0 aromatic carbocycles. The molecule has 10 nitrogen and oxygen atoms in total. The highest BCUT2D eigenvalue weighted by Crippen LogP contribution is 2.21. The van der Waals surface area contributed by atoms with Crippen LogP contribution in [0.1, 0.15) is 47.5 Å². The minimum absolute atomic E-state index is 0.0764. The van der Waals surface area contributed by atoms with E-state index in [1.54, 1.807) is 0 Å². The quantitative estimate of drug-likeness (QED) is 0.346. The fraction of sp³-hybridized carbons (Fsp3) is 0.722. The van der Waals surface area contributed by atoms with Gasteiger partial charge in [-0.05, 0) is 12.3 Å². The molecule has 1 aromatic rings. The van der Waals surface area contributed by atoms with Gasteiger partial charge in [0.2, 0.25) is 5.95 Å². The number of carbonyl (C=O) groups is 1. The number of nitrogens with one attached hydrogen (secondary N) is 3. The Hall–Kier alpha value is -2.17. The summed E-state index contributed by atoms with van der Waals surface area (Å²) >= 11 is 0. The second-order valence-corrected chi connectivity index (χ2v) is 5.88. The molecule has 4 atom stereocenters. The fourth-order valence-electron chi connectivity index (χ4n) is 2.12. The van der Waals surface area contributed by atoms with Crippen LogP contribution in [0.5, 0.6) is 0 Å². The largest absolute Gasteiger partial charge is 0.400 e. The highest BCUT2D eigenvalue weighted by atomic mass is 16.3. The van der Waals surface area contributed by atoms with E-state index in [0.717, 1.165) is 19.8 Å². The smallest absolute Gasteiger partial charge is 0.277 e. The molecule has 4 unspecified atom stereocenters. The summed E-state index contributed by atoms with van der Waals surface area (Å²) in [5, 5.41) is 22.6. The number of carbonyl (C=O) groups excluding carboxylic acids is 1. The SMILES string of the molecule is CC.CCC(C)C(N)C=O.CCC(O)C1CNc2nc(N)[nH]c(=O)c2N1.CO. The summed E-state index contributed by atoms with van der Waals surface area (Å²) in [5.74, 6) is 0.834. The molecule has 0 bridgehead atoms. The zero-order valence-corrected chi connectivity index (χ0v) is 17.8. The van der Waals surface area contributed by atoms with Gasteiger partial charge in [-0.2, -0.15) is 4.98 Å². The Kier molecular flexibility index (Phi) is 15.9. The zero-order chi connectivity index (χ0) is 22.3. The number of anilines is 3. The third-order valence-corrected chi connectivity index (χ3v) is 4.10. The van der Waals surface area contributed by atoms with E-state index in [2.05, 4.69) is 20.6 Å². The first-order valence-corrected chi connectivity index (χ1v) is 9.57. The average Bonchev–Trinajstić information content (AvgIpc) is 2.74. The van der Waals surface area contributed by atoms with Crippen molar-refractivity contribution < 1.29 is 15.0 Å². The molecule has 1 aliphatic rings. The van der Waals surface area contributed by atoms with Gasteiger partial charge in [0.25, 0.3) is 5.56 Å². The molecular weight excluding hydrogens is 364 g/mol. The lowest BCUT2D eigenvalue weighted by molar-refractivity contribution is -0.109. The molecule has 0 saturated carbocycles. The Morgan fingerprint density at radius 3 is 2.29 bits per heavy atom. The summed E-state index contributed by atoms with van der Waals surface area (Å²) in [4.78, 5) is 27.9. The summed E-state index contributed by atoms with van der Waals surface area (Å²) < 4.78 is 0. The average molecular weight is 403 g/mol.